The summed E-state index contributed by atoms with van der Waals surface area (Å²) in [6, 6.07) is 3.72. The Morgan fingerprint density at radius 3 is 2.74 bits per heavy atom. The summed E-state index contributed by atoms with van der Waals surface area (Å²) in [5.41, 5.74) is 0.473. The van der Waals surface area contributed by atoms with E-state index in [9.17, 15) is 4.79 Å². The predicted octanol–water partition coefficient (Wildman–Crippen LogP) is 4.67. The molecule has 1 aliphatic carbocycles. The molecule has 2 rings (SSSR count). The normalized spacial score (nSPS) is 21.6. The van der Waals surface area contributed by atoms with Crippen molar-refractivity contribution in [1.82, 2.24) is 4.98 Å². The predicted molar refractivity (Wildman–Crippen MR) is 93.7 cm³/mol. The molecule has 0 spiro atoms. The number of aromatic nitrogens is 1. The van der Waals surface area contributed by atoms with Gasteiger partial charge in [0.2, 0.25) is 0 Å². The first-order chi connectivity index (χ1) is 10.8. The third-order valence-electron chi connectivity index (χ3n) is 4.03. The lowest BCUT2D eigenvalue weighted by Crippen LogP contribution is -2.27. The highest BCUT2D eigenvalue weighted by atomic mass is 16.6. The van der Waals surface area contributed by atoms with E-state index in [0.29, 0.717) is 5.82 Å². The number of carbonyl (C=O) groups excluding carboxylic acids is 1. The second-order valence-corrected chi connectivity index (χ2v) is 7.58. The van der Waals surface area contributed by atoms with Gasteiger partial charge >= 0.3 is 6.09 Å². The fourth-order valence-electron chi connectivity index (χ4n) is 2.99. The van der Waals surface area contributed by atoms with E-state index in [4.69, 9.17) is 4.74 Å². The average Bonchev–Trinajstić information content (AvgIpc) is 2.44. The van der Waals surface area contributed by atoms with Crippen LogP contribution in [0, 0.1) is 11.8 Å². The van der Waals surface area contributed by atoms with E-state index in [2.05, 4.69) is 22.5 Å². The molecule has 5 nitrogen and oxygen atoms in total. The highest BCUT2D eigenvalue weighted by Gasteiger charge is 2.19. The van der Waals surface area contributed by atoms with Gasteiger partial charge in [0, 0.05) is 6.54 Å². The van der Waals surface area contributed by atoms with Crippen LogP contribution in [0.1, 0.15) is 53.4 Å². The lowest BCUT2D eigenvalue weighted by molar-refractivity contribution is 0.0635. The molecule has 2 unspecified atom stereocenters. The zero-order chi connectivity index (χ0) is 16.9. The number of rotatable bonds is 4. The van der Waals surface area contributed by atoms with E-state index in [1.165, 1.54) is 25.7 Å². The Labute approximate surface area is 139 Å². The van der Waals surface area contributed by atoms with E-state index in [1.54, 1.807) is 12.3 Å². The minimum Gasteiger partial charge on any atom is -0.444 e. The van der Waals surface area contributed by atoms with Gasteiger partial charge in [-0.05, 0) is 57.6 Å². The first-order valence-corrected chi connectivity index (χ1v) is 8.52. The van der Waals surface area contributed by atoms with Crippen molar-refractivity contribution in [2.24, 2.45) is 11.8 Å². The van der Waals surface area contributed by atoms with E-state index in [0.717, 1.165) is 24.1 Å². The number of nitrogens with zero attached hydrogens (tertiary/aromatic N) is 1. The number of amides is 1. The van der Waals surface area contributed by atoms with Gasteiger partial charge in [-0.15, -0.1) is 0 Å². The van der Waals surface area contributed by atoms with Gasteiger partial charge in [-0.3, -0.25) is 5.32 Å². The lowest BCUT2D eigenvalue weighted by Gasteiger charge is -2.27. The van der Waals surface area contributed by atoms with Crippen LogP contribution in [0.4, 0.5) is 16.3 Å². The molecule has 1 amide bonds. The molecule has 0 aromatic carbocycles. The second-order valence-electron chi connectivity index (χ2n) is 7.58. The molecule has 0 saturated heterocycles. The van der Waals surface area contributed by atoms with Gasteiger partial charge in [-0.1, -0.05) is 19.8 Å². The zero-order valence-electron chi connectivity index (χ0n) is 14.7. The van der Waals surface area contributed by atoms with Gasteiger partial charge in [-0.25, -0.2) is 9.78 Å². The molecule has 1 aromatic heterocycles. The molecule has 0 radical (unpaired) electrons. The number of hydrogen-bond acceptors (Lipinski definition) is 4. The summed E-state index contributed by atoms with van der Waals surface area (Å²) >= 11 is 0. The highest BCUT2D eigenvalue weighted by molar-refractivity contribution is 5.83. The van der Waals surface area contributed by atoms with Crippen LogP contribution in [-0.4, -0.2) is 23.2 Å². The Bertz CT molecular complexity index is 508. The van der Waals surface area contributed by atoms with Crippen LogP contribution in [0.3, 0.4) is 0 Å². The molecule has 1 heterocycles. The SMILES string of the molecule is CC1CCCC(CNc2ccc(NC(=O)OC(C)(C)C)nc2)C1. The van der Waals surface area contributed by atoms with Gasteiger partial charge in [0.15, 0.2) is 0 Å². The largest absolute Gasteiger partial charge is 0.444 e. The molecule has 2 atom stereocenters. The second kappa shape index (κ2) is 7.66. The van der Waals surface area contributed by atoms with Crippen LogP contribution in [0.25, 0.3) is 0 Å². The van der Waals surface area contributed by atoms with Crippen molar-refractivity contribution in [1.29, 1.82) is 0 Å². The number of ether oxygens (including phenoxy) is 1. The monoisotopic (exact) mass is 319 g/mol. The lowest BCUT2D eigenvalue weighted by atomic mass is 9.82. The van der Waals surface area contributed by atoms with E-state index in [-0.39, 0.29) is 0 Å². The van der Waals surface area contributed by atoms with Crippen LogP contribution in [-0.2, 0) is 4.74 Å². The van der Waals surface area contributed by atoms with Gasteiger partial charge < -0.3 is 10.1 Å². The highest BCUT2D eigenvalue weighted by Crippen LogP contribution is 2.28. The van der Waals surface area contributed by atoms with Gasteiger partial charge in [-0.2, -0.15) is 0 Å². The minimum absolute atomic E-state index is 0.484. The smallest absolute Gasteiger partial charge is 0.413 e. The molecular weight excluding hydrogens is 290 g/mol. The van der Waals surface area contributed by atoms with Gasteiger partial charge in [0.1, 0.15) is 11.4 Å². The molecule has 1 saturated carbocycles. The molecule has 1 aliphatic rings. The zero-order valence-corrected chi connectivity index (χ0v) is 14.7. The van der Waals surface area contributed by atoms with Crippen LogP contribution < -0.4 is 10.6 Å². The summed E-state index contributed by atoms with van der Waals surface area (Å²) in [7, 11) is 0. The van der Waals surface area contributed by atoms with Crippen molar-refractivity contribution in [3.05, 3.63) is 18.3 Å². The summed E-state index contributed by atoms with van der Waals surface area (Å²) < 4.78 is 5.20. The minimum atomic E-state index is -0.511. The first-order valence-electron chi connectivity index (χ1n) is 8.52. The van der Waals surface area contributed by atoms with Crippen LogP contribution in [0.15, 0.2) is 18.3 Å². The van der Waals surface area contributed by atoms with Crippen molar-refractivity contribution >= 4 is 17.6 Å². The molecule has 1 aromatic rings. The van der Waals surface area contributed by atoms with Crippen molar-refractivity contribution in [2.45, 2.75) is 59.0 Å². The Hall–Kier alpha value is -1.78. The molecular formula is C18H29N3O2. The maximum absolute atomic E-state index is 11.7. The molecule has 128 valence electrons. The first kappa shape index (κ1) is 17.6. The molecule has 0 aliphatic heterocycles. The molecule has 0 bridgehead atoms. The number of carbonyl (C=O) groups is 1. The Morgan fingerprint density at radius 1 is 1.35 bits per heavy atom. The molecule has 1 fully saturated rings. The van der Waals surface area contributed by atoms with Gasteiger partial charge in [0.25, 0.3) is 0 Å². The summed E-state index contributed by atoms with van der Waals surface area (Å²) in [5, 5.41) is 6.08. The molecule has 2 N–H and O–H groups in total. The quantitative estimate of drug-likeness (QED) is 0.846. The third-order valence-corrected chi connectivity index (χ3v) is 4.03. The number of anilines is 2. The van der Waals surface area contributed by atoms with Crippen molar-refractivity contribution in [2.75, 3.05) is 17.2 Å². The Kier molecular flexibility index (Phi) is 5.85. The van der Waals surface area contributed by atoms with Gasteiger partial charge in [0.05, 0.1) is 11.9 Å². The molecule has 23 heavy (non-hydrogen) atoms. The van der Waals surface area contributed by atoms with E-state index in [1.807, 2.05) is 26.8 Å². The fraction of sp³-hybridized carbons (Fsp3) is 0.667. The van der Waals surface area contributed by atoms with Crippen molar-refractivity contribution in [3.63, 3.8) is 0 Å². The standard InChI is InChI=1S/C18H29N3O2/c1-13-6-5-7-14(10-13)11-19-15-8-9-16(20-12-15)21-17(22)23-18(2,3)4/h8-9,12-14,19H,5-7,10-11H2,1-4H3,(H,20,21,22). The summed E-state index contributed by atoms with van der Waals surface area (Å²) in [6.07, 6.45) is 6.58. The maximum atomic E-state index is 11.7. The summed E-state index contributed by atoms with van der Waals surface area (Å²) in [4.78, 5) is 15.9. The third kappa shape index (κ3) is 6.47. The topological polar surface area (TPSA) is 63.2 Å². The van der Waals surface area contributed by atoms with Crippen LogP contribution >= 0.6 is 0 Å². The van der Waals surface area contributed by atoms with E-state index < -0.39 is 11.7 Å². The maximum Gasteiger partial charge on any atom is 0.413 e. The average molecular weight is 319 g/mol. The Morgan fingerprint density at radius 2 is 2.13 bits per heavy atom. The van der Waals surface area contributed by atoms with Crippen molar-refractivity contribution in [3.8, 4) is 0 Å². The van der Waals surface area contributed by atoms with Crippen LogP contribution in [0.5, 0.6) is 0 Å². The molecule has 5 heteroatoms. The van der Waals surface area contributed by atoms with Crippen molar-refractivity contribution < 1.29 is 9.53 Å². The summed E-state index contributed by atoms with van der Waals surface area (Å²) in [5.74, 6) is 2.09. The van der Waals surface area contributed by atoms with E-state index >= 15 is 0 Å². The Balaban J connectivity index is 1.79. The number of pyridine rings is 1. The number of nitrogens with one attached hydrogen (secondary N) is 2. The number of hydrogen-bond donors (Lipinski definition) is 2. The summed E-state index contributed by atoms with van der Waals surface area (Å²) in [6.45, 7) is 8.83. The fourth-order valence-corrected chi connectivity index (χ4v) is 2.99. The van der Waals surface area contributed by atoms with Crippen LogP contribution in [0.2, 0.25) is 0 Å².